The van der Waals surface area contributed by atoms with Crippen molar-refractivity contribution in [1.82, 2.24) is 19.6 Å². The first-order valence-electron chi connectivity index (χ1n) is 12.5. The van der Waals surface area contributed by atoms with Crippen LogP contribution in [0.15, 0.2) is 24.3 Å². The Morgan fingerprint density at radius 3 is 1.79 bits per heavy atom. The summed E-state index contributed by atoms with van der Waals surface area (Å²) < 4.78 is 0. The molecule has 0 bridgehead atoms. The summed E-state index contributed by atoms with van der Waals surface area (Å²) in [6.07, 6.45) is 2.02. The van der Waals surface area contributed by atoms with Gasteiger partial charge in [0, 0.05) is 113 Å². The standard InChI is InChI=1S/C22H37N4O5P.C2H6.CH4O.H2O.Y/c1-20-2-4-21(5-3-20)17-32(31)19-26-12-9-24(16-22(29)30)8-6-23(14-15-27)7-10-25(18-28)11-13-26;2*1-2;;/h2-5,15,28,31H,6-14,16-19H2,1H3,(H,29,30);1-2H3;2H,1H3;1H2;. The van der Waals surface area contributed by atoms with Crippen LogP contribution in [-0.2, 0) is 48.5 Å². The molecule has 0 aliphatic carbocycles. The van der Waals surface area contributed by atoms with Crippen molar-refractivity contribution in [3.8, 4) is 0 Å². The van der Waals surface area contributed by atoms with Gasteiger partial charge in [0.05, 0.1) is 19.8 Å². The number of carboxylic acids is 1. The zero-order chi connectivity index (χ0) is 27.3. The predicted molar refractivity (Wildman–Crippen MR) is 149 cm³/mol. The van der Waals surface area contributed by atoms with Gasteiger partial charge in [-0.2, -0.15) is 0 Å². The van der Waals surface area contributed by atoms with Gasteiger partial charge in [-0.3, -0.25) is 24.4 Å². The largest absolute Gasteiger partial charge is 0.480 e. The van der Waals surface area contributed by atoms with E-state index in [0.29, 0.717) is 71.4 Å². The van der Waals surface area contributed by atoms with Gasteiger partial charge < -0.3 is 30.5 Å². The number of carbonyl (C=O) groups is 2. The molecule has 1 aliphatic heterocycles. The summed E-state index contributed by atoms with van der Waals surface area (Å²) in [6, 6.07) is 8.19. The average Bonchev–Trinajstić information content (AvgIpc) is 2.87. The third-order valence-corrected chi connectivity index (χ3v) is 7.13. The molecular formula is C25H49N4O7PY. The summed E-state index contributed by atoms with van der Waals surface area (Å²) >= 11 is 0. The van der Waals surface area contributed by atoms with E-state index >= 15 is 0 Å². The molecule has 11 nitrogen and oxygen atoms in total. The fraction of sp³-hybridized carbons (Fsp3) is 0.680. The molecule has 1 unspecified atom stereocenters. The summed E-state index contributed by atoms with van der Waals surface area (Å²) in [5.41, 5.74) is 2.30. The van der Waals surface area contributed by atoms with Crippen LogP contribution in [0.3, 0.4) is 0 Å². The van der Waals surface area contributed by atoms with Gasteiger partial charge in [-0.05, 0) is 12.5 Å². The van der Waals surface area contributed by atoms with E-state index in [4.69, 9.17) is 5.11 Å². The van der Waals surface area contributed by atoms with E-state index in [1.165, 1.54) is 5.56 Å². The van der Waals surface area contributed by atoms with Gasteiger partial charge in [-0.1, -0.05) is 43.7 Å². The molecule has 1 aliphatic rings. The number of rotatable bonds is 9. The Bertz CT molecular complexity index is 707. The number of aldehydes is 1. The molecule has 1 aromatic rings. The van der Waals surface area contributed by atoms with Gasteiger partial charge in [0.25, 0.3) is 0 Å². The summed E-state index contributed by atoms with van der Waals surface area (Å²) in [5, 5.41) is 26.0. The Labute approximate surface area is 254 Å². The third-order valence-electron chi connectivity index (χ3n) is 5.67. The Morgan fingerprint density at radius 2 is 1.34 bits per heavy atom. The molecule has 2 rings (SSSR count). The molecular weight excluding hydrogens is 588 g/mol. The number of aryl methyl sites for hydroxylation is 1. The van der Waals surface area contributed by atoms with Crippen LogP contribution in [0.2, 0.25) is 0 Å². The monoisotopic (exact) mass is 637 g/mol. The Balaban J connectivity index is -0.00000194. The molecule has 1 atom stereocenters. The molecule has 1 radical (unpaired) electrons. The van der Waals surface area contributed by atoms with Crippen molar-refractivity contribution in [3.05, 3.63) is 35.4 Å². The molecule has 0 amide bonds. The second-order valence-electron chi connectivity index (χ2n) is 8.31. The van der Waals surface area contributed by atoms with Gasteiger partial charge in [0.1, 0.15) is 6.29 Å². The van der Waals surface area contributed by atoms with E-state index in [0.717, 1.165) is 19.0 Å². The fourth-order valence-electron chi connectivity index (χ4n) is 3.68. The summed E-state index contributed by atoms with van der Waals surface area (Å²) in [7, 11) is -0.236. The van der Waals surface area contributed by atoms with Crippen molar-refractivity contribution >= 4 is 20.4 Å². The number of aliphatic hydroxyl groups excluding tert-OH is 2. The first-order valence-corrected chi connectivity index (χ1v) is 14.2. The third kappa shape index (κ3) is 19.6. The van der Waals surface area contributed by atoms with E-state index in [9.17, 15) is 24.7 Å². The summed E-state index contributed by atoms with van der Waals surface area (Å²) in [6.45, 7) is 11.1. The molecule has 0 aromatic heterocycles. The molecule has 6 N–H and O–H groups in total. The number of aliphatic carboxylic acids is 1. The topological polar surface area (TPSA) is 160 Å². The number of hydrogen-bond acceptors (Lipinski definition) is 9. The van der Waals surface area contributed by atoms with Gasteiger partial charge in [-0.15, -0.1) is 0 Å². The summed E-state index contributed by atoms with van der Waals surface area (Å²) in [5.74, 6) is -0.874. The SMILES string of the molecule is CC.CO.Cc1ccc(CP(O)CN2CCN(CO)CCN(CC=O)CCN(CC(=O)O)CC2)cc1.O.[Y]. The fourth-order valence-corrected chi connectivity index (χ4v) is 5.16. The van der Waals surface area contributed by atoms with Crippen molar-refractivity contribution in [2.24, 2.45) is 0 Å². The number of carbonyl (C=O) groups excluding carboxylic acids is 1. The molecule has 0 spiro atoms. The van der Waals surface area contributed by atoms with Crippen molar-refractivity contribution in [3.63, 3.8) is 0 Å². The van der Waals surface area contributed by atoms with Crippen LogP contribution in [0.1, 0.15) is 25.0 Å². The predicted octanol–water partition coefficient (Wildman–Crippen LogP) is 0.104. The Kier molecular flexibility index (Phi) is 29.6. The molecule has 13 heteroatoms. The number of carboxylic acid groups (broad SMARTS) is 1. The first kappa shape index (κ1) is 42.0. The molecule has 38 heavy (non-hydrogen) atoms. The molecule has 1 heterocycles. The molecule has 1 saturated heterocycles. The van der Waals surface area contributed by atoms with Gasteiger partial charge >= 0.3 is 5.97 Å². The maximum absolute atomic E-state index is 11.3. The van der Waals surface area contributed by atoms with E-state index in [2.05, 4.69) is 4.90 Å². The second kappa shape index (κ2) is 26.8. The minimum absolute atomic E-state index is 0. The van der Waals surface area contributed by atoms with Crippen molar-refractivity contribution in [2.45, 2.75) is 26.9 Å². The average molecular weight is 638 g/mol. The van der Waals surface area contributed by atoms with Gasteiger partial charge in [0.2, 0.25) is 0 Å². The van der Waals surface area contributed by atoms with Crippen LogP contribution >= 0.6 is 8.15 Å². The van der Waals surface area contributed by atoms with Gasteiger partial charge in [-0.25, -0.2) is 0 Å². The minimum atomic E-state index is -1.24. The molecule has 219 valence electrons. The van der Waals surface area contributed by atoms with E-state index < -0.39 is 14.1 Å². The van der Waals surface area contributed by atoms with Crippen molar-refractivity contribution in [1.29, 1.82) is 0 Å². The number of nitrogens with zero attached hydrogens (tertiary/aromatic N) is 4. The Morgan fingerprint density at radius 1 is 0.895 bits per heavy atom. The summed E-state index contributed by atoms with van der Waals surface area (Å²) in [4.78, 5) is 41.1. The quantitative estimate of drug-likeness (QED) is 0.216. The maximum Gasteiger partial charge on any atom is 0.317 e. The van der Waals surface area contributed by atoms with Crippen LogP contribution in [0, 0.1) is 6.92 Å². The van der Waals surface area contributed by atoms with Crippen molar-refractivity contribution in [2.75, 3.05) is 85.6 Å². The maximum atomic E-state index is 11.3. The van der Waals surface area contributed by atoms with Crippen molar-refractivity contribution < 1.29 is 68.0 Å². The van der Waals surface area contributed by atoms with E-state index in [-0.39, 0.29) is 51.5 Å². The number of aliphatic hydroxyl groups is 2. The zero-order valence-corrected chi connectivity index (χ0v) is 27.2. The Hall–Kier alpha value is -0.426. The van der Waals surface area contributed by atoms with Crippen LogP contribution in [0.4, 0.5) is 0 Å². The molecule has 1 aromatic carbocycles. The van der Waals surface area contributed by atoms with Crippen LogP contribution in [0.5, 0.6) is 0 Å². The van der Waals surface area contributed by atoms with Crippen LogP contribution in [-0.4, -0.2) is 143 Å². The van der Waals surface area contributed by atoms with Crippen LogP contribution in [0.25, 0.3) is 0 Å². The number of hydrogen-bond donors (Lipinski definition) is 4. The van der Waals surface area contributed by atoms with E-state index in [1.807, 2.05) is 59.7 Å². The molecule has 1 fully saturated rings. The van der Waals surface area contributed by atoms with E-state index in [1.54, 1.807) is 0 Å². The smallest absolute Gasteiger partial charge is 0.317 e. The first-order chi connectivity index (χ1) is 17.4. The molecule has 0 saturated carbocycles. The number of benzene rings is 1. The van der Waals surface area contributed by atoms with Gasteiger partial charge in [0.15, 0.2) is 0 Å². The van der Waals surface area contributed by atoms with Crippen LogP contribution < -0.4 is 0 Å². The zero-order valence-electron chi connectivity index (χ0n) is 23.5. The second-order valence-corrected chi connectivity index (χ2v) is 9.92. The normalized spacial score (nSPS) is 16.9. The minimum Gasteiger partial charge on any atom is -0.480 e.